The third-order valence-electron chi connectivity index (χ3n) is 2.67. The van der Waals surface area contributed by atoms with E-state index in [1.165, 1.54) is 0 Å². The second-order valence-electron chi connectivity index (χ2n) is 5.65. The summed E-state index contributed by atoms with van der Waals surface area (Å²) in [4.78, 5) is 11.6. The molecular formula is C15H20N2O. The lowest BCUT2D eigenvalue weighted by molar-refractivity contribution is -0.121. The van der Waals surface area contributed by atoms with Gasteiger partial charge in [-0.15, -0.1) is 0 Å². The third-order valence-corrected chi connectivity index (χ3v) is 2.67. The minimum Gasteiger partial charge on any atom is -0.352 e. The summed E-state index contributed by atoms with van der Waals surface area (Å²) in [6.07, 6.45) is 1.44. The molecule has 0 aliphatic rings. The smallest absolute Gasteiger partial charge is 0.220 e. The Hall–Kier alpha value is -1.82. The highest BCUT2D eigenvalue weighted by atomic mass is 16.1. The molecule has 1 aromatic rings. The van der Waals surface area contributed by atoms with Gasteiger partial charge in [0.15, 0.2) is 0 Å². The fraction of sp³-hybridized carbons (Fsp3) is 0.467. The second kappa shape index (κ2) is 6.20. The van der Waals surface area contributed by atoms with E-state index in [0.29, 0.717) is 18.5 Å². The van der Waals surface area contributed by atoms with Crippen LogP contribution in [0, 0.1) is 16.7 Å². The third kappa shape index (κ3) is 5.49. The van der Waals surface area contributed by atoms with Gasteiger partial charge < -0.3 is 5.32 Å². The Labute approximate surface area is 109 Å². The number of nitrogens with zero attached hydrogens (tertiary/aromatic N) is 1. The molecule has 0 aliphatic carbocycles. The highest BCUT2D eigenvalue weighted by Crippen LogP contribution is 2.20. The topological polar surface area (TPSA) is 52.9 Å². The number of nitriles is 1. The number of hydrogen-bond donors (Lipinski definition) is 1. The van der Waals surface area contributed by atoms with E-state index in [1.807, 2.05) is 12.1 Å². The van der Waals surface area contributed by atoms with Gasteiger partial charge >= 0.3 is 0 Å². The van der Waals surface area contributed by atoms with E-state index in [-0.39, 0.29) is 11.3 Å². The number of rotatable bonds is 4. The SMILES string of the molecule is CC(C)(C)CCC(=O)NCc1ccc(C#N)cc1. The summed E-state index contributed by atoms with van der Waals surface area (Å²) >= 11 is 0. The molecule has 0 bridgehead atoms. The average Bonchev–Trinajstić information content (AvgIpc) is 2.33. The van der Waals surface area contributed by atoms with Crippen molar-refractivity contribution in [2.45, 2.75) is 40.2 Å². The van der Waals surface area contributed by atoms with Crippen LogP contribution in [0.25, 0.3) is 0 Å². The van der Waals surface area contributed by atoms with Gasteiger partial charge in [-0.05, 0) is 29.5 Å². The maximum absolute atomic E-state index is 11.6. The molecule has 0 saturated heterocycles. The van der Waals surface area contributed by atoms with E-state index in [9.17, 15) is 4.79 Å². The van der Waals surface area contributed by atoms with Crippen LogP contribution in [0.2, 0.25) is 0 Å². The Morgan fingerprint density at radius 3 is 2.39 bits per heavy atom. The second-order valence-corrected chi connectivity index (χ2v) is 5.65. The maximum Gasteiger partial charge on any atom is 0.220 e. The van der Waals surface area contributed by atoms with Crippen molar-refractivity contribution >= 4 is 5.91 Å². The summed E-state index contributed by atoms with van der Waals surface area (Å²) in [5.41, 5.74) is 1.84. The van der Waals surface area contributed by atoms with Gasteiger partial charge in [-0.1, -0.05) is 32.9 Å². The monoisotopic (exact) mass is 244 g/mol. The quantitative estimate of drug-likeness (QED) is 0.885. The van der Waals surface area contributed by atoms with Crippen molar-refractivity contribution in [1.29, 1.82) is 5.26 Å². The van der Waals surface area contributed by atoms with E-state index in [1.54, 1.807) is 12.1 Å². The Balaban J connectivity index is 2.36. The number of nitrogens with one attached hydrogen (secondary N) is 1. The molecule has 0 unspecified atom stereocenters. The van der Waals surface area contributed by atoms with E-state index in [0.717, 1.165) is 12.0 Å². The summed E-state index contributed by atoms with van der Waals surface area (Å²) in [5, 5.41) is 11.6. The van der Waals surface area contributed by atoms with E-state index in [2.05, 4.69) is 32.2 Å². The molecule has 0 aliphatic heterocycles. The minimum atomic E-state index is 0.0780. The van der Waals surface area contributed by atoms with Gasteiger partial charge in [0.05, 0.1) is 11.6 Å². The van der Waals surface area contributed by atoms with Crippen LogP contribution in [-0.2, 0) is 11.3 Å². The number of amides is 1. The molecule has 18 heavy (non-hydrogen) atoms. The predicted octanol–water partition coefficient (Wildman–Crippen LogP) is 3.00. The fourth-order valence-corrected chi connectivity index (χ4v) is 1.47. The first-order chi connectivity index (χ1) is 8.40. The number of hydrogen-bond acceptors (Lipinski definition) is 2. The van der Waals surface area contributed by atoms with Crippen LogP contribution >= 0.6 is 0 Å². The molecule has 96 valence electrons. The predicted molar refractivity (Wildman–Crippen MR) is 71.7 cm³/mol. The lowest BCUT2D eigenvalue weighted by atomic mass is 9.90. The highest BCUT2D eigenvalue weighted by molar-refractivity contribution is 5.75. The highest BCUT2D eigenvalue weighted by Gasteiger charge is 2.12. The number of carbonyl (C=O) groups excluding carboxylic acids is 1. The molecule has 0 heterocycles. The standard InChI is InChI=1S/C15H20N2O/c1-15(2,3)9-8-14(18)17-11-13-6-4-12(10-16)5-7-13/h4-7H,8-9,11H2,1-3H3,(H,17,18). The molecule has 3 nitrogen and oxygen atoms in total. The summed E-state index contributed by atoms with van der Waals surface area (Å²) in [5.74, 6) is 0.0780. The molecular weight excluding hydrogens is 224 g/mol. The maximum atomic E-state index is 11.6. The van der Waals surface area contributed by atoms with Crippen LogP contribution in [0.4, 0.5) is 0 Å². The zero-order valence-corrected chi connectivity index (χ0v) is 11.3. The molecule has 3 heteroatoms. The van der Waals surface area contributed by atoms with E-state index < -0.39 is 0 Å². The van der Waals surface area contributed by atoms with Crippen LogP contribution in [0.3, 0.4) is 0 Å². The molecule has 1 aromatic carbocycles. The van der Waals surface area contributed by atoms with Gasteiger partial charge in [0.25, 0.3) is 0 Å². The van der Waals surface area contributed by atoms with Gasteiger partial charge in [-0.25, -0.2) is 0 Å². The lowest BCUT2D eigenvalue weighted by Gasteiger charge is -2.17. The van der Waals surface area contributed by atoms with Crippen LogP contribution in [0.5, 0.6) is 0 Å². The fourth-order valence-electron chi connectivity index (χ4n) is 1.47. The summed E-state index contributed by atoms with van der Waals surface area (Å²) in [7, 11) is 0. The van der Waals surface area contributed by atoms with Gasteiger partial charge in [0, 0.05) is 13.0 Å². The van der Waals surface area contributed by atoms with Crippen molar-refractivity contribution in [3.8, 4) is 6.07 Å². The first-order valence-electron chi connectivity index (χ1n) is 6.16. The van der Waals surface area contributed by atoms with Gasteiger partial charge in [0.1, 0.15) is 0 Å². The Bertz CT molecular complexity index is 435. The van der Waals surface area contributed by atoms with Crippen molar-refractivity contribution in [2.24, 2.45) is 5.41 Å². The van der Waals surface area contributed by atoms with Gasteiger partial charge in [-0.3, -0.25) is 4.79 Å². The molecule has 0 radical (unpaired) electrons. The minimum absolute atomic E-state index is 0.0780. The zero-order chi connectivity index (χ0) is 13.6. The molecule has 0 aromatic heterocycles. The van der Waals surface area contributed by atoms with E-state index >= 15 is 0 Å². The van der Waals surface area contributed by atoms with Crippen molar-refractivity contribution in [3.05, 3.63) is 35.4 Å². The molecule has 1 rings (SSSR count). The van der Waals surface area contributed by atoms with Crippen LogP contribution in [-0.4, -0.2) is 5.91 Å². The lowest BCUT2D eigenvalue weighted by Crippen LogP contribution is -2.24. The molecule has 0 atom stereocenters. The molecule has 0 spiro atoms. The van der Waals surface area contributed by atoms with E-state index in [4.69, 9.17) is 5.26 Å². The van der Waals surface area contributed by atoms with Crippen LogP contribution in [0.1, 0.15) is 44.7 Å². The Morgan fingerprint density at radius 1 is 1.28 bits per heavy atom. The zero-order valence-electron chi connectivity index (χ0n) is 11.3. The number of benzene rings is 1. The Morgan fingerprint density at radius 2 is 1.89 bits per heavy atom. The van der Waals surface area contributed by atoms with Gasteiger partial charge in [-0.2, -0.15) is 5.26 Å². The molecule has 0 saturated carbocycles. The molecule has 1 N–H and O–H groups in total. The van der Waals surface area contributed by atoms with Gasteiger partial charge in [0.2, 0.25) is 5.91 Å². The molecule has 1 amide bonds. The largest absolute Gasteiger partial charge is 0.352 e. The Kier molecular flexibility index (Phi) is 4.91. The normalized spacial score (nSPS) is 10.8. The number of carbonyl (C=O) groups is 1. The summed E-state index contributed by atoms with van der Waals surface area (Å²) < 4.78 is 0. The summed E-state index contributed by atoms with van der Waals surface area (Å²) in [6.45, 7) is 6.90. The first-order valence-corrected chi connectivity index (χ1v) is 6.16. The van der Waals surface area contributed by atoms with Crippen molar-refractivity contribution < 1.29 is 4.79 Å². The van der Waals surface area contributed by atoms with Crippen molar-refractivity contribution in [2.75, 3.05) is 0 Å². The van der Waals surface area contributed by atoms with Crippen LogP contribution < -0.4 is 5.32 Å². The van der Waals surface area contributed by atoms with Crippen molar-refractivity contribution in [1.82, 2.24) is 5.32 Å². The van der Waals surface area contributed by atoms with Crippen LogP contribution in [0.15, 0.2) is 24.3 Å². The molecule has 0 fully saturated rings. The average molecular weight is 244 g/mol. The first kappa shape index (κ1) is 14.2. The summed E-state index contributed by atoms with van der Waals surface area (Å²) in [6, 6.07) is 9.32. The van der Waals surface area contributed by atoms with Crippen molar-refractivity contribution in [3.63, 3.8) is 0 Å².